The van der Waals surface area contributed by atoms with Gasteiger partial charge >= 0.3 is 0 Å². The minimum Gasteiger partial charge on any atom is -0.306 e. The van der Waals surface area contributed by atoms with Crippen molar-refractivity contribution in [3.05, 3.63) is 52.2 Å². The van der Waals surface area contributed by atoms with Crippen LogP contribution >= 0.6 is 11.6 Å². The fourth-order valence-electron chi connectivity index (χ4n) is 1.62. The molecule has 2 rings (SSSR count). The zero-order chi connectivity index (χ0) is 13.1. The molecule has 0 spiro atoms. The van der Waals surface area contributed by atoms with Crippen LogP contribution in [0, 0.1) is 12.7 Å². The molecule has 4 nitrogen and oxygen atoms in total. The van der Waals surface area contributed by atoms with Crippen molar-refractivity contribution in [3.63, 3.8) is 0 Å². The molecule has 1 aromatic carbocycles. The van der Waals surface area contributed by atoms with Crippen LogP contribution in [0.4, 0.5) is 10.2 Å². The lowest BCUT2D eigenvalue weighted by Gasteiger charge is -2.07. The summed E-state index contributed by atoms with van der Waals surface area (Å²) in [6, 6.07) is 7.35. The first kappa shape index (κ1) is 12.7. The van der Waals surface area contributed by atoms with Crippen LogP contribution in [-0.2, 0) is 6.42 Å². The maximum atomic E-state index is 13.5. The number of hydrazine groups is 1. The number of nitrogens with two attached hydrogens (primary N) is 1. The smallest absolute Gasteiger partial charge is 0.187 e. The van der Waals surface area contributed by atoms with Gasteiger partial charge in [0, 0.05) is 11.4 Å². The van der Waals surface area contributed by atoms with Crippen molar-refractivity contribution in [1.82, 2.24) is 9.97 Å². The second-order valence-electron chi connectivity index (χ2n) is 3.84. The highest BCUT2D eigenvalue weighted by Crippen LogP contribution is 2.16. The van der Waals surface area contributed by atoms with Gasteiger partial charge in [-0.25, -0.2) is 20.2 Å². The topological polar surface area (TPSA) is 63.8 Å². The van der Waals surface area contributed by atoms with Gasteiger partial charge < -0.3 is 5.43 Å². The Labute approximate surface area is 109 Å². The van der Waals surface area contributed by atoms with Gasteiger partial charge in [-0.1, -0.05) is 23.7 Å². The maximum Gasteiger partial charge on any atom is 0.187 e. The summed E-state index contributed by atoms with van der Waals surface area (Å²) in [5, 5.41) is 0.642. The second-order valence-corrected chi connectivity index (χ2v) is 4.28. The first-order chi connectivity index (χ1) is 8.60. The van der Waals surface area contributed by atoms with Crippen LogP contribution in [-0.4, -0.2) is 9.97 Å². The van der Waals surface area contributed by atoms with Crippen molar-refractivity contribution >= 4 is 17.4 Å². The van der Waals surface area contributed by atoms with Gasteiger partial charge in [0.15, 0.2) is 11.6 Å². The van der Waals surface area contributed by atoms with E-state index in [-0.39, 0.29) is 11.5 Å². The number of anilines is 1. The zero-order valence-corrected chi connectivity index (χ0v) is 10.5. The van der Waals surface area contributed by atoms with E-state index in [1.807, 2.05) is 18.2 Å². The lowest BCUT2D eigenvalue weighted by molar-refractivity contribution is 0.601. The van der Waals surface area contributed by atoms with Gasteiger partial charge in [-0.15, -0.1) is 0 Å². The molecule has 3 N–H and O–H groups in total. The molecule has 0 amide bonds. The van der Waals surface area contributed by atoms with Crippen LogP contribution in [0.25, 0.3) is 0 Å². The van der Waals surface area contributed by atoms with Crippen molar-refractivity contribution < 1.29 is 4.39 Å². The fourth-order valence-corrected chi connectivity index (χ4v) is 1.83. The predicted octanol–water partition coefficient (Wildman–Crippen LogP) is 2.45. The minimum absolute atomic E-state index is 0.000437. The standard InChI is InChI=1S/C12H12ClFN4/c1-7-11(14)12(18-15)17-10(16-7)6-8-3-2-4-9(13)5-8/h2-5H,6,15H2,1H3,(H,16,17,18). The Morgan fingerprint density at radius 3 is 2.83 bits per heavy atom. The third kappa shape index (κ3) is 2.75. The van der Waals surface area contributed by atoms with Crippen LogP contribution in [0.1, 0.15) is 17.1 Å². The molecule has 0 radical (unpaired) electrons. The van der Waals surface area contributed by atoms with Gasteiger partial charge in [0.2, 0.25) is 0 Å². The third-order valence-corrected chi connectivity index (χ3v) is 2.69. The molecule has 18 heavy (non-hydrogen) atoms. The maximum absolute atomic E-state index is 13.5. The molecule has 0 unspecified atom stereocenters. The van der Waals surface area contributed by atoms with Crippen LogP contribution in [0.5, 0.6) is 0 Å². The normalized spacial score (nSPS) is 10.4. The number of hydrogen-bond acceptors (Lipinski definition) is 4. The van der Waals surface area contributed by atoms with Gasteiger partial charge in [-0.3, -0.25) is 0 Å². The quantitative estimate of drug-likeness (QED) is 0.662. The summed E-state index contributed by atoms with van der Waals surface area (Å²) in [7, 11) is 0. The van der Waals surface area contributed by atoms with E-state index in [4.69, 9.17) is 17.4 Å². The average molecular weight is 267 g/mol. The molecule has 0 bridgehead atoms. The summed E-state index contributed by atoms with van der Waals surface area (Å²) < 4.78 is 13.5. The summed E-state index contributed by atoms with van der Waals surface area (Å²) in [4.78, 5) is 8.09. The molecule has 6 heteroatoms. The van der Waals surface area contributed by atoms with E-state index in [1.54, 1.807) is 13.0 Å². The number of aromatic nitrogens is 2. The number of nitrogen functional groups attached to an aromatic ring is 1. The Balaban J connectivity index is 2.32. The van der Waals surface area contributed by atoms with Crippen LogP contribution in [0.15, 0.2) is 24.3 Å². The lowest BCUT2D eigenvalue weighted by atomic mass is 10.1. The Hall–Kier alpha value is -1.72. The fraction of sp³-hybridized carbons (Fsp3) is 0.167. The van der Waals surface area contributed by atoms with E-state index in [0.29, 0.717) is 17.3 Å². The number of hydrogen-bond donors (Lipinski definition) is 2. The molecule has 1 heterocycles. The Kier molecular flexibility index (Phi) is 3.74. The van der Waals surface area contributed by atoms with Gasteiger partial charge in [-0.2, -0.15) is 0 Å². The average Bonchev–Trinajstić information content (AvgIpc) is 2.33. The molecule has 1 aromatic heterocycles. The van der Waals surface area contributed by atoms with Crippen LogP contribution in [0.3, 0.4) is 0 Å². The molecule has 94 valence electrons. The molecule has 0 fully saturated rings. The summed E-state index contributed by atoms with van der Waals surface area (Å²) in [5.74, 6) is 5.16. The molecular formula is C12H12ClFN4. The number of nitrogens with zero attached hydrogens (tertiary/aromatic N) is 2. The first-order valence-corrected chi connectivity index (χ1v) is 5.72. The SMILES string of the molecule is Cc1nc(Cc2cccc(Cl)c2)nc(NN)c1F. The number of benzene rings is 1. The summed E-state index contributed by atoms with van der Waals surface area (Å²) in [6.45, 7) is 1.57. The largest absolute Gasteiger partial charge is 0.306 e. The summed E-state index contributed by atoms with van der Waals surface area (Å²) in [6.07, 6.45) is 0.469. The molecule has 0 aliphatic rings. The molecule has 2 aromatic rings. The molecule has 0 atom stereocenters. The highest BCUT2D eigenvalue weighted by Gasteiger charge is 2.10. The first-order valence-electron chi connectivity index (χ1n) is 5.34. The van der Waals surface area contributed by atoms with Crippen molar-refractivity contribution in [1.29, 1.82) is 0 Å². The van der Waals surface area contributed by atoms with Gasteiger partial charge in [0.05, 0.1) is 5.69 Å². The van der Waals surface area contributed by atoms with Crippen molar-refractivity contribution in [3.8, 4) is 0 Å². The van der Waals surface area contributed by atoms with Crippen LogP contribution < -0.4 is 11.3 Å². The highest BCUT2D eigenvalue weighted by molar-refractivity contribution is 6.30. The van der Waals surface area contributed by atoms with E-state index in [1.165, 1.54) is 0 Å². The second kappa shape index (κ2) is 5.29. The van der Waals surface area contributed by atoms with E-state index < -0.39 is 5.82 Å². The summed E-state index contributed by atoms with van der Waals surface area (Å²) >= 11 is 5.89. The third-order valence-electron chi connectivity index (χ3n) is 2.45. The van der Waals surface area contributed by atoms with Crippen molar-refractivity contribution in [2.24, 2.45) is 5.84 Å². The number of halogens is 2. The number of aryl methyl sites for hydroxylation is 1. The Morgan fingerprint density at radius 2 is 2.17 bits per heavy atom. The molecular weight excluding hydrogens is 255 g/mol. The van der Waals surface area contributed by atoms with Crippen molar-refractivity contribution in [2.75, 3.05) is 5.43 Å². The van der Waals surface area contributed by atoms with Gasteiger partial charge in [-0.05, 0) is 24.6 Å². The Bertz CT molecular complexity index is 574. The van der Waals surface area contributed by atoms with Crippen molar-refractivity contribution in [2.45, 2.75) is 13.3 Å². The number of rotatable bonds is 3. The lowest BCUT2D eigenvalue weighted by Crippen LogP contribution is -2.14. The molecule has 0 saturated heterocycles. The number of nitrogens with one attached hydrogen (secondary N) is 1. The molecule has 0 saturated carbocycles. The Morgan fingerprint density at radius 1 is 1.39 bits per heavy atom. The zero-order valence-electron chi connectivity index (χ0n) is 9.74. The van der Waals surface area contributed by atoms with Crippen LogP contribution in [0.2, 0.25) is 5.02 Å². The monoisotopic (exact) mass is 266 g/mol. The highest BCUT2D eigenvalue weighted by atomic mass is 35.5. The van der Waals surface area contributed by atoms with E-state index in [2.05, 4.69) is 15.4 Å². The minimum atomic E-state index is -0.535. The predicted molar refractivity (Wildman–Crippen MR) is 68.8 cm³/mol. The molecule has 0 aliphatic heterocycles. The van der Waals surface area contributed by atoms with E-state index >= 15 is 0 Å². The van der Waals surface area contributed by atoms with Gasteiger partial charge in [0.1, 0.15) is 5.82 Å². The van der Waals surface area contributed by atoms with E-state index in [0.717, 1.165) is 5.56 Å². The molecule has 0 aliphatic carbocycles. The van der Waals surface area contributed by atoms with Gasteiger partial charge in [0.25, 0.3) is 0 Å². The van der Waals surface area contributed by atoms with E-state index in [9.17, 15) is 4.39 Å². The summed E-state index contributed by atoms with van der Waals surface area (Å²) in [5.41, 5.74) is 3.44.